The van der Waals surface area contributed by atoms with E-state index in [2.05, 4.69) is 5.32 Å². The molecule has 1 heterocycles. The van der Waals surface area contributed by atoms with Gasteiger partial charge >= 0.3 is 11.6 Å². The second-order valence-corrected chi connectivity index (χ2v) is 4.70. The SMILES string of the molecule is CCc1cc(=O)oc2c(CNCCC(=O)O)c(O)ccc12. The Labute approximate surface area is 121 Å². The summed E-state index contributed by atoms with van der Waals surface area (Å²) in [7, 11) is 0. The fraction of sp³-hybridized carbons (Fsp3) is 0.333. The third-order valence-corrected chi connectivity index (χ3v) is 3.27. The molecule has 6 heteroatoms. The number of carboxylic acids is 1. The molecule has 0 aliphatic rings. The molecule has 0 spiro atoms. The van der Waals surface area contributed by atoms with Crippen LogP contribution in [0.1, 0.15) is 24.5 Å². The summed E-state index contributed by atoms with van der Waals surface area (Å²) >= 11 is 0. The average Bonchev–Trinajstić information content (AvgIpc) is 2.44. The number of carbonyl (C=O) groups is 1. The molecule has 21 heavy (non-hydrogen) atoms. The van der Waals surface area contributed by atoms with Crippen LogP contribution in [0, 0.1) is 0 Å². The topological polar surface area (TPSA) is 99.8 Å². The molecule has 0 amide bonds. The summed E-state index contributed by atoms with van der Waals surface area (Å²) in [6, 6.07) is 4.71. The summed E-state index contributed by atoms with van der Waals surface area (Å²) in [5.74, 6) is -0.883. The van der Waals surface area contributed by atoms with Crippen LogP contribution in [0.3, 0.4) is 0 Å². The standard InChI is InChI=1S/C15H17NO5/c1-2-9-7-14(20)21-15-10(9)3-4-12(17)11(15)8-16-6-5-13(18)19/h3-4,7,16-17H,2,5-6,8H2,1H3,(H,18,19). The van der Waals surface area contributed by atoms with Crippen molar-refractivity contribution in [3.63, 3.8) is 0 Å². The molecular weight excluding hydrogens is 274 g/mol. The van der Waals surface area contributed by atoms with Gasteiger partial charge in [0.1, 0.15) is 11.3 Å². The number of carboxylic acid groups (broad SMARTS) is 1. The molecule has 0 saturated carbocycles. The predicted octanol–water partition coefficient (Wildman–Crippen LogP) is 1.63. The van der Waals surface area contributed by atoms with E-state index in [1.807, 2.05) is 6.92 Å². The number of nitrogens with one attached hydrogen (secondary N) is 1. The third kappa shape index (κ3) is 3.41. The molecular formula is C15H17NO5. The maximum absolute atomic E-state index is 11.6. The fourth-order valence-corrected chi connectivity index (χ4v) is 2.21. The van der Waals surface area contributed by atoms with Crippen molar-refractivity contribution >= 4 is 16.9 Å². The van der Waals surface area contributed by atoms with E-state index in [1.54, 1.807) is 12.1 Å². The number of aryl methyl sites for hydroxylation is 1. The van der Waals surface area contributed by atoms with Crippen molar-refractivity contribution in [1.29, 1.82) is 0 Å². The van der Waals surface area contributed by atoms with E-state index in [0.717, 1.165) is 10.9 Å². The van der Waals surface area contributed by atoms with Gasteiger partial charge in [-0.1, -0.05) is 6.92 Å². The van der Waals surface area contributed by atoms with E-state index in [0.29, 0.717) is 17.6 Å². The summed E-state index contributed by atoms with van der Waals surface area (Å²) in [5.41, 5.74) is 1.21. The number of rotatable bonds is 6. The first kappa shape index (κ1) is 15.1. The highest BCUT2D eigenvalue weighted by atomic mass is 16.4. The minimum absolute atomic E-state index is 0.0155. The Morgan fingerprint density at radius 3 is 2.81 bits per heavy atom. The Morgan fingerprint density at radius 2 is 2.14 bits per heavy atom. The quantitative estimate of drug-likeness (QED) is 0.552. The van der Waals surface area contributed by atoms with Gasteiger partial charge in [-0.3, -0.25) is 4.79 Å². The molecule has 112 valence electrons. The number of fused-ring (bicyclic) bond motifs is 1. The van der Waals surface area contributed by atoms with E-state index in [4.69, 9.17) is 9.52 Å². The number of benzene rings is 1. The molecule has 0 aliphatic carbocycles. The second-order valence-electron chi connectivity index (χ2n) is 4.70. The molecule has 0 fully saturated rings. The lowest BCUT2D eigenvalue weighted by Crippen LogP contribution is -2.18. The van der Waals surface area contributed by atoms with E-state index < -0.39 is 11.6 Å². The number of aromatic hydroxyl groups is 1. The first-order valence-electron chi connectivity index (χ1n) is 6.73. The fourth-order valence-electron chi connectivity index (χ4n) is 2.21. The molecule has 6 nitrogen and oxygen atoms in total. The van der Waals surface area contributed by atoms with Crippen molar-refractivity contribution in [2.24, 2.45) is 0 Å². The van der Waals surface area contributed by atoms with Crippen molar-refractivity contribution in [3.8, 4) is 5.75 Å². The lowest BCUT2D eigenvalue weighted by Gasteiger charge is -2.10. The van der Waals surface area contributed by atoms with Crippen molar-refractivity contribution in [1.82, 2.24) is 5.32 Å². The molecule has 0 bridgehead atoms. The largest absolute Gasteiger partial charge is 0.507 e. The van der Waals surface area contributed by atoms with Gasteiger partial charge in [0.15, 0.2) is 0 Å². The highest BCUT2D eigenvalue weighted by Gasteiger charge is 2.12. The van der Waals surface area contributed by atoms with Gasteiger partial charge in [0.2, 0.25) is 0 Å². The molecule has 0 unspecified atom stereocenters. The van der Waals surface area contributed by atoms with Crippen LogP contribution >= 0.6 is 0 Å². The molecule has 0 aliphatic heterocycles. The number of aliphatic carboxylic acids is 1. The van der Waals surface area contributed by atoms with Gasteiger partial charge in [-0.2, -0.15) is 0 Å². The van der Waals surface area contributed by atoms with Crippen LogP contribution < -0.4 is 10.9 Å². The van der Waals surface area contributed by atoms with Crippen molar-refractivity contribution < 1.29 is 19.4 Å². The molecule has 1 aromatic heterocycles. The minimum Gasteiger partial charge on any atom is -0.507 e. The van der Waals surface area contributed by atoms with Crippen molar-refractivity contribution in [2.45, 2.75) is 26.3 Å². The lowest BCUT2D eigenvalue weighted by atomic mass is 10.0. The number of phenols is 1. The smallest absolute Gasteiger partial charge is 0.336 e. The Bertz CT molecular complexity index is 720. The van der Waals surface area contributed by atoms with Crippen LogP contribution in [0.25, 0.3) is 11.0 Å². The zero-order valence-electron chi connectivity index (χ0n) is 11.7. The third-order valence-electron chi connectivity index (χ3n) is 3.27. The first-order chi connectivity index (χ1) is 10.0. The van der Waals surface area contributed by atoms with Gasteiger partial charge in [0.05, 0.1) is 12.0 Å². The van der Waals surface area contributed by atoms with Gasteiger partial charge in [-0.05, 0) is 24.1 Å². The van der Waals surface area contributed by atoms with Crippen LogP contribution in [0.15, 0.2) is 27.4 Å². The molecule has 0 saturated heterocycles. The maximum Gasteiger partial charge on any atom is 0.336 e. The van der Waals surface area contributed by atoms with Gasteiger partial charge in [-0.25, -0.2) is 4.79 Å². The van der Waals surface area contributed by atoms with Crippen LogP contribution in [-0.2, 0) is 17.8 Å². The molecule has 2 aromatic rings. The Kier molecular flexibility index (Phi) is 4.59. The zero-order chi connectivity index (χ0) is 15.4. The molecule has 0 radical (unpaired) electrons. The zero-order valence-corrected chi connectivity index (χ0v) is 11.7. The lowest BCUT2D eigenvalue weighted by molar-refractivity contribution is -0.136. The van der Waals surface area contributed by atoms with E-state index in [9.17, 15) is 14.7 Å². The van der Waals surface area contributed by atoms with Gasteiger partial charge in [-0.15, -0.1) is 0 Å². The predicted molar refractivity (Wildman–Crippen MR) is 77.5 cm³/mol. The number of phenolic OH excluding ortho intramolecular Hbond substituents is 1. The summed E-state index contributed by atoms with van der Waals surface area (Å²) in [6.45, 7) is 2.43. The van der Waals surface area contributed by atoms with E-state index in [1.165, 1.54) is 6.07 Å². The average molecular weight is 291 g/mol. The van der Waals surface area contributed by atoms with Crippen LogP contribution in [0.5, 0.6) is 5.75 Å². The number of hydrogen-bond acceptors (Lipinski definition) is 5. The monoisotopic (exact) mass is 291 g/mol. The summed E-state index contributed by atoms with van der Waals surface area (Å²) < 4.78 is 5.22. The van der Waals surface area contributed by atoms with Gasteiger partial charge < -0.3 is 19.9 Å². The molecule has 0 atom stereocenters. The van der Waals surface area contributed by atoms with E-state index >= 15 is 0 Å². The van der Waals surface area contributed by atoms with Crippen LogP contribution in [0.4, 0.5) is 0 Å². The van der Waals surface area contributed by atoms with E-state index in [-0.39, 0.29) is 25.3 Å². The highest BCUT2D eigenvalue weighted by molar-refractivity contribution is 5.85. The number of hydrogen-bond donors (Lipinski definition) is 3. The van der Waals surface area contributed by atoms with Gasteiger partial charge in [0, 0.05) is 24.5 Å². The minimum atomic E-state index is -0.899. The Morgan fingerprint density at radius 1 is 1.38 bits per heavy atom. The second kappa shape index (κ2) is 6.41. The highest BCUT2D eigenvalue weighted by Crippen LogP contribution is 2.28. The summed E-state index contributed by atoms with van der Waals surface area (Å²) in [4.78, 5) is 22.1. The van der Waals surface area contributed by atoms with Gasteiger partial charge in [0.25, 0.3) is 0 Å². The summed E-state index contributed by atoms with van der Waals surface area (Å²) in [5, 5.41) is 22.2. The van der Waals surface area contributed by atoms with Crippen LogP contribution in [0.2, 0.25) is 0 Å². The van der Waals surface area contributed by atoms with Crippen molar-refractivity contribution in [3.05, 3.63) is 39.7 Å². The maximum atomic E-state index is 11.6. The van der Waals surface area contributed by atoms with Crippen molar-refractivity contribution in [2.75, 3.05) is 6.54 Å². The molecule has 3 N–H and O–H groups in total. The Hall–Kier alpha value is -2.34. The molecule has 2 rings (SSSR count). The Balaban J connectivity index is 2.37. The molecule has 1 aromatic carbocycles. The summed E-state index contributed by atoms with van der Waals surface area (Å²) in [6.07, 6.45) is 0.661. The normalized spacial score (nSPS) is 10.9. The van der Waals surface area contributed by atoms with Crippen LogP contribution in [-0.4, -0.2) is 22.7 Å². The first-order valence-corrected chi connectivity index (χ1v) is 6.73.